The van der Waals surface area contributed by atoms with Crippen molar-refractivity contribution in [2.24, 2.45) is 0 Å². The molecule has 4 N–H and O–H groups in total. The molecular weight excluding hydrogens is 683 g/mol. The molecule has 49 heavy (non-hydrogen) atoms. The Labute approximate surface area is 286 Å². The molecule has 248 valence electrons. The summed E-state index contributed by atoms with van der Waals surface area (Å²) in [5.41, 5.74) is 4.97. The first-order valence-electron chi connectivity index (χ1n) is 14.9. The van der Waals surface area contributed by atoms with Gasteiger partial charge in [-0.1, -0.05) is 60.4 Å². The van der Waals surface area contributed by atoms with Crippen LogP contribution in [0.1, 0.15) is 27.8 Å². The van der Waals surface area contributed by atoms with E-state index in [1.165, 1.54) is 23.5 Å². The molecule has 0 atom stereocenters. The second kappa shape index (κ2) is 11.8. The van der Waals surface area contributed by atoms with Gasteiger partial charge in [0.15, 0.2) is 5.13 Å². The number of para-hydroxylation sites is 1. The molecule has 0 aliphatic carbocycles. The van der Waals surface area contributed by atoms with Crippen LogP contribution in [0.4, 0.5) is 22.2 Å². The minimum atomic E-state index is -4.64. The summed E-state index contributed by atoms with van der Waals surface area (Å²) in [4.78, 5) is 4.17. The fourth-order valence-corrected chi connectivity index (χ4v) is 8.88. The molecule has 0 saturated carbocycles. The monoisotopic (exact) mass is 711 g/mol. The third kappa shape index (κ3) is 5.85. The van der Waals surface area contributed by atoms with Crippen LogP contribution in [0.25, 0.3) is 22.4 Å². The van der Waals surface area contributed by atoms with Crippen LogP contribution in [0.15, 0.2) is 94.7 Å². The van der Waals surface area contributed by atoms with E-state index in [-0.39, 0.29) is 9.79 Å². The lowest BCUT2D eigenvalue weighted by Gasteiger charge is -2.24. The number of nitrogens with zero attached hydrogens (tertiary/aromatic N) is 1. The molecule has 10 nitrogen and oxygen atoms in total. The molecule has 1 aliphatic rings. The average Bonchev–Trinajstić information content (AvgIpc) is 3.45. The van der Waals surface area contributed by atoms with Gasteiger partial charge in [0.1, 0.15) is 21.3 Å². The van der Waals surface area contributed by atoms with Crippen molar-refractivity contribution in [1.82, 2.24) is 4.98 Å². The molecule has 1 aromatic heterocycles. The van der Waals surface area contributed by atoms with Gasteiger partial charge in [-0.3, -0.25) is 9.11 Å². The van der Waals surface area contributed by atoms with E-state index in [2.05, 4.69) is 22.2 Å². The van der Waals surface area contributed by atoms with Gasteiger partial charge in [0.05, 0.1) is 10.2 Å². The van der Waals surface area contributed by atoms with Gasteiger partial charge in [0, 0.05) is 45.0 Å². The smallest absolute Gasteiger partial charge is 0.295 e. The number of fused-ring (bicyclic) bond motifs is 3. The second-order valence-corrected chi connectivity index (χ2v) is 15.4. The molecule has 6 aromatic rings. The lowest BCUT2D eigenvalue weighted by Crippen LogP contribution is -2.20. The summed E-state index contributed by atoms with van der Waals surface area (Å²) in [5, 5.41) is 8.48. The molecule has 13 heteroatoms. The van der Waals surface area contributed by atoms with Crippen molar-refractivity contribution in [1.29, 1.82) is 0 Å². The molecule has 7 rings (SSSR count). The van der Waals surface area contributed by atoms with Crippen molar-refractivity contribution in [3.05, 3.63) is 123 Å². The molecule has 0 saturated heterocycles. The van der Waals surface area contributed by atoms with Gasteiger partial charge in [-0.15, -0.1) is 0 Å². The van der Waals surface area contributed by atoms with E-state index in [0.717, 1.165) is 10.2 Å². The van der Waals surface area contributed by atoms with Gasteiger partial charge in [-0.05, 0) is 79.1 Å². The van der Waals surface area contributed by atoms with Crippen LogP contribution in [0, 0.1) is 20.8 Å². The van der Waals surface area contributed by atoms with Crippen LogP contribution >= 0.6 is 11.3 Å². The maximum Gasteiger partial charge on any atom is 0.295 e. The molecule has 1 aliphatic heterocycles. The molecule has 0 fully saturated rings. The first-order chi connectivity index (χ1) is 23.2. The van der Waals surface area contributed by atoms with E-state index in [1.807, 2.05) is 31.2 Å². The molecule has 0 spiro atoms. The zero-order valence-electron chi connectivity index (χ0n) is 26.4. The maximum absolute atomic E-state index is 12.7. The van der Waals surface area contributed by atoms with E-state index in [4.69, 9.17) is 4.74 Å². The molecule has 0 unspecified atom stereocenters. The summed E-state index contributed by atoms with van der Waals surface area (Å²) in [5.74, 6) is 0.824. The maximum atomic E-state index is 12.7. The highest BCUT2D eigenvalue weighted by Gasteiger charge is 2.28. The van der Waals surface area contributed by atoms with Crippen molar-refractivity contribution in [3.8, 4) is 11.5 Å². The summed E-state index contributed by atoms with van der Waals surface area (Å²) >= 11 is 1.42. The predicted octanol–water partition coefficient (Wildman–Crippen LogP) is 6.97. The van der Waals surface area contributed by atoms with E-state index in [0.29, 0.717) is 77.5 Å². The minimum absolute atomic E-state index is 0.229. The summed E-state index contributed by atoms with van der Waals surface area (Å²) in [6.07, 6.45) is 0. The van der Waals surface area contributed by atoms with Crippen LogP contribution in [0.5, 0.6) is 11.5 Å². The van der Waals surface area contributed by atoms with Crippen molar-refractivity contribution >= 4 is 76.1 Å². The van der Waals surface area contributed by atoms with Gasteiger partial charge >= 0.3 is 0 Å². The van der Waals surface area contributed by atoms with Crippen LogP contribution in [0.3, 0.4) is 0 Å². The Balaban J connectivity index is 1.37. The number of rotatable bonds is 7. The summed E-state index contributed by atoms with van der Waals surface area (Å²) in [7, 11) is -9.22. The molecular formula is C36H29N3O7S3. The van der Waals surface area contributed by atoms with Gasteiger partial charge < -0.3 is 15.4 Å². The third-order valence-electron chi connectivity index (χ3n) is 8.45. The molecule has 2 heterocycles. The summed E-state index contributed by atoms with van der Waals surface area (Å²) in [6.45, 7) is 9.09. The first kappa shape index (κ1) is 32.5. The summed E-state index contributed by atoms with van der Waals surface area (Å²) in [6, 6.07) is 24.4. The number of ether oxygens (including phenoxy) is 1. The minimum Gasteiger partial charge on any atom is -0.456 e. The fraction of sp³-hybridized carbons (Fsp3) is 0.0833. The van der Waals surface area contributed by atoms with Crippen LogP contribution < -0.4 is 25.8 Å². The number of thiazole rings is 1. The number of aromatic nitrogens is 1. The highest BCUT2D eigenvalue weighted by Crippen LogP contribution is 2.43. The van der Waals surface area contributed by atoms with Crippen LogP contribution in [0.2, 0.25) is 0 Å². The van der Waals surface area contributed by atoms with Crippen molar-refractivity contribution in [2.75, 3.05) is 10.6 Å². The Morgan fingerprint density at radius 2 is 1.43 bits per heavy atom. The Morgan fingerprint density at radius 3 is 2.14 bits per heavy atom. The molecule has 0 bridgehead atoms. The number of hydrogen-bond acceptors (Lipinski definition) is 9. The standard InChI is InChI=1S/C36H29N3O7S3/c1-19-13-15-24-28(17-19)46-29-18-23(14-16-25(29)32(24)26-9-5-8-12-31(26)48(40,41)42)37-33-20(2)34(22(4)35(21(33)3)49(43,44)45)39-36-38-27-10-6-7-11-30(27)47-36/h5-18,37H,1H2,2-4H3,(H,38,39)(H,40,41,42)(H,43,44,45). The number of benzene rings is 5. The van der Waals surface area contributed by atoms with Crippen molar-refractivity contribution in [2.45, 2.75) is 30.6 Å². The van der Waals surface area contributed by atoms with Crippen LogP contribution in [-0.2, 0) is 20.2 Å². The SMILES string of the molecule is C=c1ccc2c(c1)Oc1cc(Nc3c(C)c(Nc4nc5ccccc5s4)c(C)c(S(=O)(=O)O)c3C)ccc1C=2c1ccccc1S(=O)(=O)O. The largest absolute Gasteiger partial charge is 0.456 e. The quantitative estimate of drug-likeness (QED) is 0.128. The van der Waals surface area contributed by atoms with E-state index in [9.17, 15) is 25.9 Å². The van der Waals surface area contributed by atoms with E-state index < -0.39 is 20.2 Å². The fourth-order valence-electron chi connectivity index (χ4n) is 6.34. The van der Waals surface area contributed by atoms with E-state index in [1.54, 1.807) is 62.4 Å². The Kier molecular flexibility index (Phi) is 7.84. The van der Waals surface area contributed by atoms with Crippen LogP contribution in [-0.4, -0.2) is 30.9 Å². The van der Waals surface area contributed by atoms with Gasteiger partial charge in [-0.25, -0.2) is 4.98 Å². The zero-order chi connectivity index (χ0) is 34.8. The highest BCUT2D eigenvalue weighted by atomic mass is 32.2. The molecule has 0 amide bonds. The van der Waals surface area contributed by atoms with Gasteiger partial charge in [0.2, 0.25) is 0 Å². The topological polar surface area (TPSA) is 155 Å². The summed E-state index contributed by atoms with van der Waals surface area (Å²) < 4.78 is 78.1. The lowest BCUT2D eigenvalue weighted by molar-refractivity contribution is 0.471. The average molecular weight is 712 g/mol. The predicted molar refractivity (Wildman–Crippen MR) is 192 cm³/mol. The van der Waals surface area contributed by atoms with Crippen molar-refractivity contribution < 1.29 is 30.7 Å². The van der Waals surface area contributed by atoms with Crippen molar-refractivity contribution in [3.63, 3.8) is 0 Å². The number of hydrogen-bond donors (Lipinski definition) is 4. The Hall–Kier alpha value is -5.05. The first-order valence-corrected chi connectivity index (χ1v) is 18.6. The molecule has 0 radical (unpaired) electrons. The Morgan fingerprint density at radius 1 is 0.735 bits per heavy atom. The number of anilines is 4. The third-order valence-corrected chi connectivity index (χ3v) is 11.4. The number of nitrogens with one attached hydrogen (secondary N) is 2. The lowest BCUT2D eigenvalue weighted by atomic mass is 9.92. The Bertz CT molecular complexity index is 2670. The second-order valence-electron chi connectivity index (χ2n) is 11.7. The normalized spacial score (nSPS) is 12.7. The zero-order valence-corrected chi connectivity index (χ0v) is 28.8. The van der Waals surface area contributed by atoms with E-state index >= 15 is 0 Å². The van der Waals surface area contributed by atoms with Gasteiger partial charge in [0.25, 0.3) is 20.2 Å². The van der Waals surface area contributed by atoms with Gasteiger partial charge in [-0.2, -0.15) is 16.8 Å². The highest BCUT2D eigenvalue weighted by molar-refractivity contribution is 7.86. The molecule has 5 aromatic carbocycles.